The van der Waals surface area contributed by atoms with Crippen molar-refractivity contribution in [1.29, 1.82) is 0 Å². The number of hydrogen-bond acceptors (Lipinski definition) is 4. The molecule has 0 aliphatic rings. The summed E-state index contributed by atoms with van der Waals surface area (Å²) >= 11 is 0. The number of methoxy groups -OCH3 is 1. The lowest BCUT2D eigenvalue weighted by Gasteiger charge is -2.02. The van der Waals surface area contributed by atoms with Crippen molar-refractivity contribution in [3.63, 3.8) is 0 Å². The molecule has 0 spiro atoms. The van der Waals surface area contributed by atoms with Gasteiger partial charge in [0.25, 0.3) is 0 Å². The Kier molecular flexibility index (Phi) is 3.03. The molecular weight excluding hydrogens is 170 g/mol. The fraction of sp³-hybridized carbons (Fsp3) is 0.111. The smallest absolute Gasteiger partial charge is 0.335 e. The average molecular weight is 179 g/mol. The fourth-order valence-corrected chi connectivity index (χ4v) is 0.724. The predicted molar refractivity (Wildman–Crippen MR) is 46.6 cm³/mol. The van der Waals surface area contributed by atoms with E-state index in [1.807, 2.05) is 0 Å². The fourth-order valence-electron chi connectivity index (χ4n) is 0.724. The van der Waals surface area contributed by atoms with Gasteiger partial charge in [-0.1, -0.05) is 6.58 Å². The van der Waals surface area contributed by atoms with E-state index in [0.717, 1.165) is 6.08 Å². The van der Waals surface area contributed by atoms with Gasteiger partial charge in [-0.3, -0.25) is 0 Å². The van der Waals surface area contributed by atoms with Gasteiger partial charge in [0, 0.05) is 18.3 Å². The van der Waals surface area contributed by atoms with Crippen LogP contribution in [0.2, 0.25) is 0 Å². The van der Waals surface area contributed by atoms with Crippen molar-refractivity contribution in [2.24, 2.45) is 0 Å². The van der Waals surface area contributed by atoms with Crippen LogP contribution in [-0.2, 0) is 4.79 Å². The second-order valence-corrected chi connectivity index (χ2v) is 2.16. The van der Waals surface area contributed by atoms with Crippen LogP contribution < -0.4 is 9.47 Å². The lowest BCUT2D eigenvalue weighted by atomic mass is 10.4. The molecule has 0 aromatic carbocycles. The third-order valence-corrected chi connectivity index (χ3v) is 1.30. The first-order valence-corrected chi connectivity index (χ1v) is 3.60. The molecule has 4 nitrogen and oxygen atoms in total. The second-order valence-electron chi connectivity index (χ2n) is 2.16. The maximum Gasteiger partial charge on any atom is 0.335 e. The van der Waals surface area contributed by atoms with E-state index in [4.69, 9.17) is 9.47 Å². The molecule has 0 amide bonds. The van der Waals surface area contributed by atoms with E-state index in [0.29, 0.717) is 11.6 Å². The summed E-state index contributed by atoms with van der Waals surface area (Å²) in [7, 11) is 1.49. The maximum atomic E-state index is 10.8. The van der Waals surface area contributed by atoms with Gasteiger partial charge in [-0.15, -0.1) is 0 Å². The van der Waals surface area contributed by atoms with Crippen LogP contribution in [0.15, 0.2) is 31.0 Å². The first-order chi connectivity index (χ1) is 6.26. The molecule has 4 heteroatoms. The summed E-state index contributed by atoms with van der Waals surface area (Å²) < 4.78 is 9.67. The van der Waals surface area contributed by atoms with Crippen molar-refractivity contribution in [2.75, 3.05) is 7.11 Å². The van der Waals surface area contributed by atoms with Crippen molar-refractivity contribution in [3.05, 3.63) is 31.0 Å². The number of esters is 1. The van der Waals surface area contributed by atoms with Crippen LogP contribution in [0.5, 0.6) is 11.6 Å². The molecule has 68 valence electrons. The van der Waals surface area contributed by atoms with Crippen molar-refractivity contribution < 1.29 is 14.3 Å². The minimum Gasteiger partial charge on any atom is -0.481 e. The molecule has 0 fully saturated rings. The van der Waals surface area contributed by atoms with Gasteiger partial charge in [0.1, 0.15) is 5.75 Å². The summed E-state index contributed by atoms with van der Waals surface area (Å²) in [5.41, 5.74) is 0. The zero-order chi connectivity index (χ0) is 9.68. The third-order valence-electron chi connectivity index (χ3n) is 1.30. The Balaban J connectivity index is 2.77. The lowest BCUT2D eigenvalue weighted by Crippen LogP contribution is -2.03. The SMILES string of the molecule is C=CC(=O)Oc1ccnc(OC)c1. The molecule has 0 aliphatic heterocycles. The average Bonchev–Trinajstić information content (AvgIpc) is 2.18. The number of nitrogens with zero attached hydrogens (tertiary/aromatic N) is 1. The minimum absolute atomic E-state index is 0.386. The van der Waals surface area contributed by atoms with Gasteiger partial charge in [-0.2, -0.15) is 0 Å². The number of ether oxygens (including phenoxy) is 2. The zero-order valence-corrected chi connectivity index (χ0v) is 7.19. The Hall–Kier alpha value is -1.84. The highest BCUT2D eigenvalue weighted by Crippen LogP contribution is 2.15. The highest BCUT2D eigenvalue weighted by atomic mass is 16.5. The zero-order valence-electron chi connectivity index (χ0n) is 7.19. The van der Waals surface area contributed by atoms with E-state index >= 15 is 0 Å². The van der Waals surface area contributed by atoms with Crippen LogP contribution in [-0.4, -0.2) is 18.1 Å². The van der Waals surface area contributed by atoms with E-state index in [1.54, 1.807) is 6.07 Å². The highest BCUT2D eigenvalue weighted by Gasteiger charge is 2.00. The van der Waals surface area contributed by atoms with E-state index in [2.05, 4.69) is 11.6 Å². The van der Waals surface area contributed by atoms with Crippen LogP contribution in [0, 0.1) is 0 Å². The molecule has 13 heavy (non-hydrogen) atoms. The van der Waals surface area contributed by atoms with Crippen molar-refractivity contribution in [3.8, 4) is 11.6 Å². The molecule has 0 bridgehead atoms. The molecule has 0 aliphatic carbocycles. The van der Waals surface area contributed by atoms with E-state index < -0.39 is 5.97 Å². The van der Waals surface area contributed by atoms with Gasteiger partial charge < -0.3 is 9.47 Å². The molecule has 1 heterocycles. The first-order valence-electron chi connectivity index (χ1n) is 3.60. The maximum absolute atomic E-state index is 10.8. The number of pyridine rings is 1. The Bertz CT molecular complexity index is 322. The van der Waals surface area contributed by atoms with Crippen molar-refractivity contribution >= 4 is 5.97 Å². The topological polar surface area (TPSA) is 48.4 Å². The molecule has 1 aromatic rings. The molecule has 0 saturated carbocycles. The van der Waals surface area contributed by atoms with Gasteiger partial charge in [-0.05, 0) is 6.07 Å². The van der Waals surface area contributed by atoms with Crippen molar-refractivity contribution in [1.82, 2.24) is 4.98 Å². The minimum atomic E-state index is -0.506. The number of carbonyl (C=O) groups is 1. The van der Waals surface area contributed by atoms with Gasteiger partial charge >= 0.3 is 5.97 Å². The molecule has 0 saturated heterocycles. The number of carbonyl (C=O) groups excluding carboxylic acids is 1. The number of aromatic nitrogens is 1. The van der Waals surface area contributed by atoms with Crippen LogP contribution in [0.1, 0.15) is 0 Å². The number of rotatable bonds is 3. The van der Waals surface area contributed by atoms with Crippen LogP contribution in [0.3, 0.4) is 0 Å². The molecule has 0 unspecified atom stereocenters. The highest BCUT2D eigenvalue weighted by molar-refractivity contribution is 5.83. The summed E-state index contributed by atoms with van der Waals surface area (Å²) in [5.74, 6) is 0.277. The standard InChI is InChI=1S/C9H9NO3/c1-3-9(11)13-7-4-5-10-8(6-7)12-2/h3-6H,1H2,2H3. The van der Waals surface area contributed by atoms with Gasteiger partial charge in [0.15, 0.2) is 0 Å². The molecular formula is C9H9NO3. The van der Waals surface area contributed by atoms with Gasteiger partial charge in [-0.25, -0.2) is 9.78 Å². The quantitative estimate of drug-likeness (QED) is 0.516. The third kappa shape index (κ3) is 2.59. The molecule has 0 radical (unpaired) electrons. The number of hydrogen-bond donors (Lipinski definition) is 0. The summed E-state index contributed by atoms with van der Waals surface area (Å²) in [4.78, 5) is 14.6. The van der Waals surface area contributed by atoms with E-state index in [-0.39, 0.29) is 0 Å². The first kappa shape index (κ1) is 9.25. The van der Waals surface area contributed by atoms with Gasteiger partial charge in [0.2, 0.25) is 5.88 Å². The van der Waals surface area contributed by atoms with E-state index in [1.165, 1.54) is 19.4 Å². The monoisotopic (exact) mass is 179 g/mol. The lowest BCUT2D eigenvalue weighted by molar-refractivity contribution is -0.128. The Morgan fingerprint density at radius 3 is 3.08 bits per heavy atom. The molecule has 0 atom stereocenters. The van der Waals surface area contributed by atoms with Gasteiger partial charge in [0.05, 0.1) is 7.11 Å². The summed E-state index contributed by atoms with van der Waals surface area (Å²) in [6.45, 7) is 3.28. The molecule has 1 aromatic heterocycles. The van der Waals surface area contributed by atoms with Crippen LogP contribution in [0.4, 0.5) is 0 Å². The predicted octanol–water partition coefficient (Wildman–Crippen LogP) is 1.18. The van der Waals surface area contributed by atoms with Crippen LogP contribution >= 0.6 is 0 Å². The molecule has 0 N–H and O–H groups in total. The second kappa shape index (κ2) is 4.25. The summed E-state index contributed by atoms with van der Waals surface area (Å²) in [6.07, 6.45) is 2.58. The summed E-state index contributed by atoms with van der Waals surface area (Å²) in [6, 6.07) is 3.07. The largest absolute Gasteiger partial charge is 0.481 e. The van der Waals surface area contributed by atoms with E-state index in [9.17, 15) is 4.79 Å². The summed E-state index contributed by atoms with van der Waals surface area (Å²) in [5, 5.41) is 0. The Labute approximate surface area is 75.8 Å². The van der Waals surface area contributed by atoms with Crippen LogP contribution in [0.25, 0.3) is 0 Å². The Morgan fingerprint density at radius 1 is 1.69 bits per heavy atom. The van der Waals surface area contributed by atoms with Crippen molar-refractivity contribution in [2.45, 2.75) is 0 Å². The normalized spacial score (nSPS) is 9.00. The molecule has 1 rings (SSSR count). The Morgan fingerprint density at radius 2 is 2.46 bits per heavy atom.